The zero-order valence-corrected chi connectivity index (χ0v) is 19.9. The van der Waals surface area contributed by atoms with Crippen molar-refractivity contribution >= 4 is 51.3 Å². The minimum Gasteiger partial charge on any atom is -0.449 e. The van der Waals surface area contributed by atoms with E-state index in [-0.39, 0.29) is 17.9 Å². The summed E-state index contributed by atoms with van der Waals surface area (Å²) in [4.78, 5) is 44.8. The van der Waals surface area contributed by atoms with E-state index in [9.17, 15) is 14.4 Å². The molecule has 0 radical (unpaired) electrons. The van der Waals surface area contributed by atoms with Crippen molar-refractivity contribution in [2.24, 2.45) is 0 Å². The summed E-state index contributed by atoms with van der Waals surface area (Å²) >= 11 is 2.76. The molecule has 3 aromatic rings. The maximum absolute atomic E-state index is 13.3. The van der Waals surface area contributed by atoms with Crippen LogP contribution in [-0.4, -0.2) is 34.9 Å². The number of amides is 2. The van der Waals surface area contributed by atoms with Crippen LogP contribution in [0.5, 0.6) is 0 Å². The van der Waals surface area contributed by atoms with Gasteiger partial charge in [0.05, 0.1) is 10.4 Å². The van der Waals surface area contributed by atoms with Gasteiger partial charge in [-0.3, -0.25) is 14.5 Å². The summed E-state index contributed by atoms with van der Waals surface area (Å²) in [5.74, 6) is -1.05. The van der Waals surface area contributed by atoms with Gasteiger partial charge in [0.15, 0.2) is 11.2 Å². The van der Waals surface area contributed by atoms with Gasteiger partial charge in [0, 0.05) is 23.3 Å². The quantitative estimate of drug-likeness (QED) is 0.457. The van der Waals surface area contributed by atoms with Crippen LogP contribution in [0.3, 0.4) is 0 Å². The minimum atomic E-state index is -0.943. The Hall–Kier alpha value is -3.04. The molecule has 0 bridgehead atoms. The van der Waals surface area contributed by atoms with Crippen LogP contribution in [0, 0.1) is 0 Å². The van der Waals surface area contributed by atoms with E-state index in [1.54, 1.807) is 48.4 Å². The van der Waals surface area contributed by atoms with E-state index in [0.29, 0.717) is 21.3 Å². The average Bonchev–Trinajstić information content (AvgIpc) is 3.55. The summed E-state index contributed by atoms with van der Waals surface area (Å²) in [5.41, 5.74) is 0.878. The Kier molecular flexibility index (Phi) is 7.51. The van der Waals surface area contributed by atoms with Gasteiger partial charge in [0.2, 0.25) is 0 Å². The van der Waals surface area contributed by atoms with Gasteiger partial charge < -0.3 is 10.1 Å². The zero-order chi connectivity index (χ0) is 23.2. The van der Waals surface area contributed by atoms with Crippen molar-refractivity contribution in [3.63, 3.8) is 0 Å². The Balaban J connectivity index is 1.39. The van der Waals surface area contributed by atoms with Crippen LogP contribution in [0.15, 0.2) is 53.4 Å². The molecule has 2 heterocycles. The molecular weight excluding hydrogens is 458 g/mol. The van der Waals surface area contributed by atoms with Crippen molar-refractivity contribution in [1.29, 1.82) is 0 Å². The van der Waals surface area contributed by atoms with Crippen molar-refractivity contribution < 1.29 is 19.1 Å². The van der Waals surface area contributed by atoms with E-state index in [0.717, 1.165) is 25.7 Å². The molecule has 2 amide bonds. The van der Waals surface area contributed by atoms with Gasteiger partial charge in [-0.15, -0.1) is 22.7 Å². The molecule has 1 saturated carbocycles. The third-order valence-corrected chi connectivity index (χ3v) is 7.20. The first kappa shape index (κ1) is 23.1. The average molecular weight is 484 g/mol. The second-order valence-corrected chi connectivity index (χ2v) is 9.69. The van der Waals surface area contributed by atoms with Gasteiger partial charge in [0.1, 0.15) is 0 Å². The molecule has 0 saturated heterocycles. The molecule has 1 fully saturated rings. The van der Waals surface area contributed by atoms with Gasteiger partial charge in [-0.05, 0) is 55.5 Å². The van der Waals surface area contributed by atoms with Gasteiger partial charge in [0.25, 0.3) is 11.8 Å². The fraction of sp³-hybridized carbons (Fsp3) is 0.333. The Bertz CT molecular complexity index is 1080. The van der Waals surface area contributed by atoms with Gasteiger partial charge in [-0.25, -0.2) is 9.78 Å². The van der Waals surface area contributed by atoms with E-state index in [4.69, 9.17) is 4.74 Å². The fourth-order valence-electron chi connectivity index (χ4n) is 3.87. The lowest BCUT2D eigenvalue weighted by molar-refractivity contribution is -0.127. The first-order chi connectivity index (χ1) is 16.0. The molecule has 7 nitrogen and oxygen atoms in total. The Morgan fingerprint density at radius 1 is 1.06 bits per heavy atom. The molecule has 1 aliphatic rings. The van der Waals surface area contributed by atoms with Crippen LogP contribution >= 0.6 is 22.7 Å². The standard InChI is InChI=1S/C24H25N3O4S2/c1-16(22(29)27(24-25-13-15-33-24)19-6-3-2-4-7-19)31-23(30)17-9-11-18(12-10-17)26-21(28)20-8-5-14-32-20/h5,8-16,19H,2-4,6-7H2,1H3,(H,26,28). The number of thiophene rings is 1. The normalized spacial score (nSPS) is 14.9. The molecule has 0 spiro atoms. The SMILES string of the molecule is CC(OC(=O)c1ccc(NC(=O)c2cccs2)cc1)C(=O)N(c1nccs1)C1CCCCC1. The number of benzene rings is 1. The van der Waals surface area contributed by atoms with Crippen LogP contribution in [0.2, 0.25) is 0 Å². The van der Waals surface area contributed by atoms with Crippen LogP contribution in [-0.2, 0) is 9.53 Å². The molecule has 33 heavy (non-hydrogen) atoms. The predicted octanol–water partition coefficient (Wildman–Crippen LogP) is 5.37. The second-order valence-electron chi connectivity index (χ2n) is 7.87. The number of anilines is 2. The predicted molar refractivity (Wildman–Crippen MR) is 130 cm³/mol. The number of rotatable bonds is 7. The Morgan fingerprint density at radius 2 is 1.82 bits per heavy atom. The molecule has 9 heteroatoms. The number of esters is 1. The molecule has 1 N–H and O–H groups in total. The highest BCUT2D eigenvalue weighted by atomic mass is 32.1. The molecule has 0 aliphatic heterocycles. The van der Waals surface area contributed by atoms with Crippen molar-refractivity contribution in [2.45, 2.75) is 51.2 Å². The van der Waals surface area contributed by atoms with E-state index < -0.39 is 12.1 Å². The van der Waals surface area contributed by atoms with E-state index >= 15 is 0 Å². The number of carbonyl (C=O) groups excluding carboxylic acids is 3. The maximum atomic E-state index is 13.3. The van der Waals surface area contributed by atoms with E-state index in [2.05, 4.69) is 10.3 Å². The Morgan fingerprint density at radius 3 is 2.45 bits per heavy atom. The summed E-state index contributed by atoms with van der Waals surface area (Å²) in [5, 5.41) is 7.10. The van der Waals surface area contributed by atoms with E-state index in [1.165, 1.54) is 29.1 Å². The number of nitrogens with zero attached hydrogens (tertiary/aromatic N) is 2. The fourth-order valence-corrected chi connectivity index (χ4v) is 5.21. The van der Waals surface area contributed by atoms with E-state index in [1.807, 2.05) is 16.8 Å². The lowest BCUT2D eigenvalue weighted by Crippen LogP contribution is -2.47. The first-order valence-electron chi connectivity index (χ1n) is 10.9. The van der Waals surface area contributed by atoms with Gasteiger partial charge >= 0.3 is 5.97 Å². The molecule has 1 aromatic carbocycles. The number of aromatic nitrogens is 1. The summed E-state index contributed by atoms with van der Waals surface area (Å²) in [6.07, 6.45) is 5.90. The number of thiazole rings is 1. The van der Waals surface area contributed by atoms with Crippen LogP contribution in [0.1, 0.15) is 59.1 Å². The number of carbonyl (C=O) groups is 3. The summed E-state index contributed by atoms with van der Waals surface area (Å²) in [6, 6.07) is 10.0. The van der Waals surface area contributed by atoms with Gasteiger partial charge in [-0.1, -0.05) is 25.3 Å². The molecule has 1 unspecified atom stereocenters. The minimum absolute atomic E-state index is 0.0739. The highest BCUT2D eigenvalue weighted by Crippen LogP contribution is 2.30. The lowest BCUT2D eigenvalue weighted by Gasteiger charge is -2.33. The van der Waals surface area contributed by atoms with Crippen LogP contribution < -0.4 is 10.2 Å². The summed E-state index contributed by atoms with van der Waals surface area (Å²) in [6.45, 7) is 1.60. The molecule has 1 aliphatic carbocycles. The van der Waals surface area contributed by atoms with Crippen molar-refractivity contribution in [2.75, 3.05) is 10.2 Å². The molecular formula is C24H25N3O4S2. The topological polar surface area (TPSA) is 88.6 Å². The highest BCUT2D eigenvalue weighted by molar-refractivity contribution is 7.13. The number of hydrogen-bond acceptors (Lipinski definition) is 7. The van der Waals surface area contributed by atoms with Crippen LogP contribution in [0.4, 0.5) is 10.8 Å². The first-order valence-corrected chi connectivity index (χ1v) is 12.7. The third-order valence-electron chi connectivity index (χ3n) is 5.56. The monoisotopic (exact) mass is 483 g/mol. The molecule has 172 valence electrons. The molecule has 2 aromatic heterocycles. The largest absolute Gasteiger partial charge is 0.449 e. The van der Waals surface area contributed by atoms with Crippen molar-refractivity contribution in [3.8, 4) is 0 Å². The van der Waals surface area contributed by atoms with Crippen molar-refractivity contribution in [1.82, 2.24) is 4.98 Å². The van der Waals surface area contributed by atoms with Crippen molar-refractivity contribution in [3.05, 3.63) is 63.8 Å². The summed E-state index contributed by atoms with van der Waals surface area (Å²) in [7, 11) is 0. The molecule has 4 rings (SSSR count). The highest BCUT2D eigenvalue weighted by Gasteiger charge is 2.33. The number of ether oxygens (including phenoxy) is 1. The zero-order valence-electron chi connectivity index (χ0n) is 18.2. The summed E-state index contributed by atoms with van der Waals surface area (Å²) < 4.78 is 5.51. The van der Waals surface area contributed by atoms with Gasteiger partial charge in [-0.2, -0.15) is 0 Å². The van der Waals surface area contributed by atoms with Crippen LogP contribution in [0.25, 0.3) is 0 Å². The Labute approximate surface area is 200 Å². The lowest BCUT2D eigenvalue weighted by atomic mass is 9.94. The third kappa shape index (κ3) is 5.66. The number of nitrogens with one attached hydrogen (secondary N) is 1. The number of hydrogen-bond donors (Lipinski definition) is 1. The second kappa shape index (κ2) is 10.7. The maximum Gasteiger partial charge on any atom is 0.338 e. The smallest absolute Gasteiger partial charge is 0.338 e. The molecule has 1 atom stereocenters.